The molecule has 2 aliphatic heterocycles. The van der Waals surface area contributed by atoms with E-state index in [0.29, 0.717) is 22.0 Å². The number of ether oxygens (including phenoxy) is 1. The average Bonchev–Trinajstić information content (AvgIpc) is 2.75. The Morgan fingerprint density at radius 3 is 3.00 bits per heavy atom. The van der Waals surface area contributed by atoms with Crippen molar-refractivity contribution in [1.82, 2.24) is 4.98 Å². The summed E-state index contributed by atoms with van der Waals surface area (Å²) in [6.07, 6.45) is 2.13. The van der Waals surface area contributed by atoms with Crippen LogP contribution in [0.3, 0.4) is 0 Å². The van der Waals surface area contributed by atoms with Crippen LogP contribution in [0.25, 0.3) is 0 Å². The molecule has 3 N–H and O–H groups in total. The third-order valence-electron chi connectivity index (χ3n) is 5.44. The van der Waals surface area contributed by atoms with E-state index in [9.17, 15) is 9.18 Å². The van der Waals surface area contributed by atoms with Gasteiger partial charge in [0, 0.05) is 29.1 Å². The monoisotopic (exact) mass is 425 g/mol. The largest absolute Gasteiger partial charge is 0.379 e. The Hall–Kier alpha value is -2.96. The van der Waals surface area contributed by atoms with E-state index >= 15 is 0 Å². The highest BCUT2D eigenvalue weighted by atomic mass is 32.2. The van der Waals surface area contributed by atoms with Crippen molar-refractivity contribution < 1.29 is 13.9 Å². The van der Waals surface area contributed by atoms with E-state index in [1.807, 2.05) is 13.0 Å². The number of amidine groups is 1. The number of hydrogen-bond donors (Lipinski definition) is 2. The first-order chi connectivity index (χ1) is 14.4. The number of pyridine rings is 1. The molecule has 1 aromatic heterocycles. The van der Waals surface area contributed by atoms with Crippen molar-refractivity contribution in [2.45, 2.75) is 25.0 Å². The maximum absolute atomic E-state index is 15.0. The molecule has 1 amide bonds. The molecule has 2 aliphatic rings. The molecule has 0 bridgehead atoms. The summed E-state index contributed by atoms with van der Waals surface area (Å²) >= 11 is 1.47. The van der Waals surface area contributed by atoms with Gasteiger partial charge in [-0.25, -0.2) is 14.4 Å². The number of halogens is 1. The van der Waals surface area contributed by atoms with Gasteiger partial charge in [-0.2, -0.15) is 5.26 Å². The highest BCUT2D eigenvalue weighted by molar-refractivity contribution is 8.13. The van der Waals surface area contributed by atoms with Crippen LogP contribution in [0.1, 0.15) is 35.0 Å². The lowest BCUT2D eigenvalue weighted by molar-refractivity contribution is -0.0476. The Bertz CT molecular complexity index is 1050. The quantitative estimate of drug-likeness (QED) is 0.781. The summed E-state index contributed by atoms with van der Waals surface area (Å²) in [6.45, 7) is 2.22. The molecule has 30 heavy (non-hydrogen) atoms. The SMILES string of the molecule is C[C@H]1C[C@H]2CSC(N)=N[C@@]2(c2cc(NC(=O)c3ccc(C#N)cn3)ccc2F)CO1. The summed E-state index contributed by atoms with van der Waals surface area (Å²) in [4.78, 5) is 21.2. The number of carbonyl (C=O) groups excluding carboxylic acids is 1. The Balaban J connectivity index is 1.66. The number of carbonyl (C=O) groups is 1. The number of hydrogen-bond acceptors (Lipinski definition) is 7. The first kappa shape index (κ1) is 20.3. The van der Waals surface area contributed by atoms with Crippen molar-refractivity contribution in [2.75, 3.05) is 17.7 Å². The van der Waals surface area contributed by atoms with E-state index in [2.05, 4.69) is 15.3 Å². The lowest BCUT2D eigenvalue weighted by Crippen LogP contribution is -2.50. The van der Waals surface area contributed by atoms with Crippen LogP contribution >= 0.6 is 11.8 Å². The van der Waals surface area contributed by atoms with Gasteiger partial charge in [0.05, 0.1) is 18.3 Å². The van der Waals surface area contributed by atoms with E-state index in [1.54, 1.807) is 6.07 Å². The van der Waals surface area contributed by atoms with Crippen LogP contribution in [0.4, 0.5) is 10.1 Å². The molecule has 0 aliphatic carbocycles. The first-order valence-corrected chi connectivity index (χ1v) is 10.5. The number of rotatable bonds is 3. The fourth-order valence-corrected chi connectivity index (χ4v) is 4.89. The van der Waals surface area contributed by atoms with Gasteiger partial charge in [-0.3, -0.25) is 4.79 Å². The minimum absolute atomic E-state index is 0.0617. The molecule has 7 nitrogen and oxygen atoms in total. The van der Waals surface area contributed by atoms with Crippen molar-refractivity contribution in [3.05, 3.63) is 59.2 Å². The maximum atomic E-state index is 15.0. The van der Waals surface area contributed by atoms with Gasteiger partial charge in [0.1, 0.15) is 23.1 Å². The fourth-order valence-electron chi connectivity index (χ4n) is 3.88. The molecule has 0 spiro atoms. The minimum atomic E-state index is -0.917. The summed E-state index contributed by atoms with van der Waals surface area (Å²) in [5, 5.41) is 12.0. The van der Waals surface area contributed by atoms with Crippen LogP contribution in [0.15, 0.2) is 41.5 Å². The zero-order valence-corrected chi connectivity index (χ0v) is 17.1. The molecule has 1 fully saturated rings. The summed E-state index contributed by atoms with van der Waals surface area (Å²) in [5.41, 5.74) is 6.37. The number of thioether (sulfide) groups is 1. The summed E-state index contributed by atoms with van der Waals surface area (Å²) < 4.78 is 20.8. The molecular weight excluding hydrogens is 405 g/mol. The molecule has 0 saturated carbocycles. The molecule has 3 heterocycles. The zero-order chi connectivity index (χ0) is 21.3. The van der Waals surface area contributed by atoms with Crippen molar-refractivity contribution >= 4 is 28.5 Å². The highest BCUT2D eigenvalue weighted by Crippen LogP contribution is 2.47. The highest BCUT2D eigenvalue weighted by Gasteiger charge is 2.48. The number of nitriles is 1. The van der Waals surface area contributed by atoms with Crippen molar-refractivity contribution in [2.24, 2.45) is 16.6 Å². The van der Waals surface area contributed by atoms with Crippen molar-refractivity contribution in [3.63, 3.8) is 0 Å². The predicted molar refractivity (Wildman–Crippen MR) is 113 cm³/mol. The topological polar surface area (TPSA) is 113 Å². The maximum Gasteiger partial charge on any atom is 0.274 e. The van der Waals surface area contributed by atoms with Crippen molar-refractivity contribution in [3.8, 4) is 6.07 Å². The number of nitrogens with two attached hydrogens (primary N) is 1. The molecule has 0 unspecified atom stereocenters. The van der Waals surface area contributed by atoms with Crippen LogP contribution in [-0.4, -0.2) is 34.5 Å². The van der Waals surface area contributed by atoms with Crippen LogP contribution in [0.5, 0.6) is 0 Å². The molecule has 1 saturated heterocycles. The number of anilines is 1. The number of benzene rings is 1. The number of aliphatic imine (C=N–C) groups is 1. The minimum Gasteiger partial charge on any atom is -0.379 e. The van der Waals surface area contributed by atoms with Gasteiger partial charge in [0.15, 0.2) is 5.17 Å². The standard InChI is InChI=1S/C21H20FN5O2S/c1-12-6-14-10-30-20(24)27-21(14,11-29-12)16-7-15(3-4-17(16)22)26-19(28)18-5-2-13(8-23)9-25-18/h2-5,7,9,12,14H,6,10-11H2,1H3,(H2,24,27)(H,26,28)/t12-,14-,21-/m0/s1. The number of nitrogens with zero attached hydrogens (tertiary/aromatic N) is 3. The van der Waals surface area contributed by atoms with Gasteiger partial charge in [-0.15, -0.1) is 0 Å². The smallest absolute Gasteiger partial charge is 0.274 e. The Kier molecular flexibility index (Phi) is 5.45. The molecule has 9 heteroatoms. The van der Waals surface area contributed by atoms with E-state index in [-0.39, 0.29) is 24.3 Å². The number of amides is 1. The molecule has 0 radical (unpaired) electrons. The number of nitrogens with one attached hydrogen (secondary N) is 1. The summed E-state index contributed by atoms with van der Waals surface area (Å²) in [5.74, 6) is -0.0778. The van der Waals surface area contributed by atoms with Gasteiger partial charge in [0.2, 0.25) is 0 Å². The van der Waals surface area contributed by atoms with Crippen LogP contribution in [0.2, 0.25) is 0 Å². The second-order valence-electron chi connectivity index (χ2n) is 7.43. The molecule has 154 valence electrons. The van der Waals surface area contributed by atoms with E-state index in [1.165, 1.54) is 42.2 Å². The molecule has 1 aromatic carbocycles. The Morgan fingerprint density at radius 2 is 2.27 bits per heavy atom. The fraction of sp³-hybridized carbons (Fsp3) is 0.333. The van der Waals surface area contributed by atoms with Crippen LogP contribution in [-0.2, 0) is 10.3 Å². The number of fused-ring (bicyclic) bond motifs is 1. The third-order valence-corrected chi connectivity index (χ3v) is 6.39. The summed E-state index contributed by atoms with van der Waals surface area (Å²) in [6, 6.07) is 9.33. The lowest BCUT2D eigenvalue weighted by atomic mass is 9.75. The molecule has 3 atom stereocenters. The van der Waals surface area contributed by atoms with Crippen LogP contribution in [0, 0.1) is 23.1 Å². The Morgan fingerprint density at radius 1 is 1.43 bits per heavy atom. The van der Waals surface area contributed by atoms with Crippen LogP contribution < -0.4 is 11.1 Å². The summed E-state index contributed by atoms with van der Waals surface area (Å²) in [7, 11) is 0. The Labute approximate surface area is 177 Å². The molecular formula is C21H20FN5O2S. The predicted octanol–water partition coefficient (Wildman–Crippen LogP) is 3.03. The first-order valence-electron chi connectivity index (χ1n) is 9.48. The van der Waals surface area contributed by atoms with E-state index in [4.69, 9.17) is 15.7 Å². The zero-order valence-electron chi connectivity index (χ0n) is 16.3. The average molecular weight is 425 g/mol. The van der Waals surface area contributed by atoms with Gasteiger partial charge < -0.3 is 15.8 Å². The second kappa shape index (κ2) is 8.05. The lowest BCUT2D eigenvalue weighted by Gasteiger charge is -2.45. The van der Waals surface area contributed by atoms with E-state index in [0.717, 1.165) is 12.2 Å². The van der Waals surface area contributed by atoms with Gasteiger partial charge in [-0.1, -0.05) is 11.8 Å². The number of aromatic nitrogens is 1. The van der Waals surface area contributed by atoms with Gasteiger partial charge in [-0.05, 0) is 43.7 Å². The van der Waals surface area contributed by atoms with E-state index < -0.39 is 17.3 Å². The van der Waals surface area contributed by atoms with Gasteiger partial charge in [0.25, 0.3) is 5.91 Å². The third kappa shape index (κ3) is 3.76. The normalized spacial score (nSPS) is 25.6. The van der Waals surface area contributed by atoms with Crippen molar-refractivity contribution in [1.29, 1.82) is 5.26 Å². The second-order valence-corrected chi connectivity index (χ2v) is 8.47. The molecule has 4 rings (SSSR count). The van der Waals surface area contributed by atoms with Gasteiger partial charge >= 0.3 is 0 Å². The molecule has 2 aromatic rings.